The van der Waals surface area contributed by atoms with Crippen LogP contribution >= 0.6 is 11.6 Å². The van der Waals surface area contributed by atoms with Gasteiger partial charge in [0.05, 0.1) is 24.4 Å². The van der Waals surface area contributed by atoms with Crippen molar-refractivity contribution in [2.45, 2.75) is 19.0 Å². The highest BCUT2D eigenvalue weighted by molar-refractivity contribution is 6.34. The van der Waals surface area contributed by atoms with Crippen LogP contribution < -0.4 is 15.5 Å². The molecule has 1 aromatic heterocycles. The summed E-state index contributed by atoms with van der Waals surface area (Å²) >= 11 is 6.42. The second-order valence-electron chi connectivity index (χ2n) is 8.05. The van der Waals surface area contributed by atoms with E-state index >= 15 is 0 Å². The van der Waals surface area contributed by atoms with Crippen LogP contribution in [0.4, 0.5) is 17.3 Å². The van der Waals surface area contributed by atoms with Crippen LogP contribution in [0, 0.1) is 5.92 Å². The summed E-state index contributed by atoms with van der Waals surface area (Å²) < 4.78 is 0. The highest BCUT2D eigenvalue weighted by atomic mass is 35.5. The summed E-state index contributed by atoms with van der Waals surface area (Å²) in [5, 5.41) is 6.85. The molecule has 1 aromatic carbocycles. The lowest BCUT2D eigenvalue weighted by atomic mass is 9.91. The Bertz CT molecular complexity index is 1210. The van der Waals surface area contributed by atoms with Gasteiger partial charge < -0.3 is 15.5 Å². The van der Waals surface area contributed by atoms with Gasteiger partial charge in [0.15, 0.2) is 0 Å². The van der Waals surface area contributed by atoms with E-state index < -0.39 is 18.0 Å². The van der Waals surface area contributed by atoms with Gasteiger partial charge in [-0.2, -0.15) is 0 Å². The molecule has 0 saturated heterocycles. The first-order valence-electron chi connectivity index (χ1n) is 10.6. The maximum Gasteiger partial charge on any atom is 0.262 e. The van der Waals surface area contributed by atoms with E-state index in [1.54, 1.807) is 22.9 Å². The van der Waals surface area contributed by atoms with E-state index in [2.05, 4.69) is 20.6 Å². The van der Waals surface area contributed by atoms with Gasteiger partial charge in [-0.05, 0) is 25.1 Å². The Labute approximate surface area is 195 Å². The van der Waals surface area contributed by atoms with E-state index in [0.717, 1.165) is 0 Å². The topological polar surface area (TPSA) is 103 Å². The number of aromatic nitrogens is 2. The fourth-order valence-corrected chi connectivity index (χ4v) is 4.48. The molecule has 3 aliphatic rings. The van der Waals surface area contributed by atoms with E-state index in [1.807, 2.05) is 49.4 Å². The number of carbonyl (C=O) groups is 2. The van der Waals surface area contributed by atoms with Crippen molar-refractivity contribution < 1.29 is 9.59 Å². The summed E-state index contributed by atoms with van der Waals surface area (Å²) in [5.74, 6) is 0.445. The predicted octanol–water partition coefficient (Wildman–Crippen LogP) is 2.85. The van der Waals surface area contributed by atoms with Crippen molar-refractivity contribution in [3.63, 3.8) is 0 Å². The number of nitrogens with one attached hydrogen (secondary N) is 2. The van der Waals surface area contributed by atoms with Crippen LogP contribution in [-0.4, -0.2) is 58.3 Å². The summed E-state index contributed by atoms with van der Waals surface area (Å²) in [6.07, 6.45) is 6.81. The van der Waals surface area contributed by atoms with Crippen molar-refractivity contribution in [2.24, 2.45) is 10.9 Å². The number of aliphatic imine (C=N–C) groups is 1. The van der Waals surface area contributed by atoms with Crippen LogP contribution in [0.15, 0.2) is 64.9 Å². The Kier molecular flexibility index (Phi) is 5.33. The number of rotatable bonds is 4. The number of anilines is 3. The zero-order chi connectivity index (χ0) is 23.1. The van der Waals surface area contributed by atoms with Gasteiger partial charge >= 0.3 is 0 Å². The van der Waals surface area contributed by atoms with Gasteiger partial charge in [-0.1, -0.05) is 42.0 Å². The van der Waals surface area contributed by atoms with Crippen molar-refractivity contribution in [2.75, 3.05) is 29.2 Å². The highest BCUT2D eigenvalue weighted by Gasteiger charge is 2.42. The van der Waals surface area contributed by atoms with Crippen LogP contribution in [0.5, 0.6) is 0 Å². The molecule has 9 nitrogen and oxygen atoms in total. The van der Waals surface area contributed by atoms with Crippen molar-refractivity contribution in [3.8, 4) is 0 Å². The number of amides is 2. The summed E-state index contributed by atoms with van der Waals surface area (Å²) in [7, 11) is 1.70. The molecule has 3 atom stereocenters. The minimum absolute atomic E-state index is 0.155. The van der Waals surface area contributed by atoms with Gasteiger partial charge in [0, 0.05) is 12.1 Å². The van der Waals surface area contributed by atoms with Gasteiger partial charge in [0.25, 0.3) is 5.91 Å². The fourth-order valence-electron chi connectivity index (χ4n) is 4.18. The highest BCUT2D eigenvalue weighted by Crippen LogP contribution is 2.35. The van der Waals surface area contributed by atoms with Gasteiger partial charge in [-0.3, -0.25) is 19.5 Å². The normalized spacial score (nSPS) is 22.6. The first-order valence-corrected chi connectivity index (χ1v) is 10.9. The number of hydrogen-bond acceptors (Lipinski definition) is 7. The zero-order valence-electron chi connectivity index (χ0n) is 18.1. The Balaban J connectivity index is 1.55. The van der Waals surface area contributed by atoms with Crippen molar-refractivity contribution in [1.29, 1.82) is 0 Å². The summed E-state index contributed by atoms with van der Waals surface area (Å²) in [6.45, 7) is 2.25. The summed E-state index contributed by atoms with van der Waals surface area (Å²) in [5.41, 5.74) is 1.04. The molecule has 2 N–H and O–H groups in total. The zero-order valence-corrected chi connectivity index (χ0v) is 18.8. The first-order chi connectivity index (χ1) is 16.0. The smallest absolute Gasteiger partial charge is 0.262 e. The molecular formula is C23H22ClN7O2. The standard InChI is InChI=1S/C23H22ClN7O2/c1-13(28-20-18-19(25-11-26-20)27-12-30(2)22(18)32)21-29-16-10-6-9-15(24)17(16)23(33)31(21)14-7-4-3-5-8-14/h3-11,13,16-17H,12H2,1-2H3,(H2,25,26,27,28)/t13?,16-,17?/m1/s1. The van der Waals surface area contributed by atoms with Crippen molar-refractivity contribution in [1.82, 2.24) is 14.9 Å². The molecule has 168 valence electrons. The number of fused-ring (bicyclic) bond motifs is 2. The number of carbonyl (C=O) groups excluding carboxylic acids is 2. The second kappa shape index (κ2) is 8.32. The lowest BCUT2D eigenvalue weighted by Crippen LogP contribution is -2.54. The number of hydrogen-bond donors (Lipinski definition) is 2. The third-order valence-electron chi connectivity index (χ3n) is 5.85. The molecule has 3 heterocycles. The molecular weight excluding hydrogens is 442 g/mol. The minimum atomic E-state index is -0.570. The van der Waals surface area contributed by atoms with E-state index in [9.17, 15) is 9.59 Å². The average Bonchev–Trinajstić information content (AvgIpc) is 2.82. The average molecular weight is 464 g/mol. The number of allylic oxidation sites excluding steroid dienone is 2. The fraction of sp³-hybridized carbons (Fsp3) is 0.261. The van der Waals surface area contributed by atoms with Crippen LogP contribution in [0.3, 0.4) is 0 Å². The van der Waals surface area contributed by atoms with E-state index in [-0.39, 0.29) is 11.8 Å². The second-order valence-corrected chi connectivity index (χ2v) is 8.49. The third-order valence-corrected chi connectivity index (χ3v) is 6.21. The molecule has 2 aliphatic heterocycles. The first kappa shape index (κ1) is 21.1. The lowest BCUT2D eigenvalue weighted by molar-refractivity contribution is -0.120. The van der Waals surface area contributed by atoms with Crippen LogP contribution in [0.2, 0.25) is 0 Å². The van der Waals surface area contributed by atoms with Crippen LogP contribution in [-0.2, 0) is 4.79 Å². The van der Waals surface area contributed by atoms with Crippen molar-refractivity contribution in [3.05, 3.63) is 65.5 Å². The van der Waals surface area contributed by atoms with E-state index in [4.69, 9.17) is 16.6 Å². The predicted molar refractivity (Wildman–Crippen MR) is 127 cm³/mol. The van der Waals surface area contributed by atoms with Gasteiger partial charge in [0.1, 0.15) is 35.3 Å². The van der Waals surface area contributed by atoms with E-state index in [1.165, 1.54) is 6.33 Å². The Hall–Kier alpha value is -3.72. The number of amidine groups is 1. The molecule has 2 unspecified atom stereocenters. The number of nitrogens with zero attached hydrogens (tertiary/aromatic N) is 5. The molecule has 0 bridgehead atoms. The third kappa shape index (κ3) is 3.64. The largest absolute Gasteiger partial charge is 0.360 e. The number of benzene rings is 1. The number of halogens is 1. The summed E-state index contributed by atoms with van der Waals surface area (Å²) in [6, 6.07) is 8.47. The number of para-hydroxylation sites is 1. The van der Waals surface area contributed by atoms with Crippen molar-refractivity contribution >= 4 is 46.6 Å². The van der Waals surface area contributed by atoms with Gasteiger partial charge in [-0.15, -0.1) is 0 Å². The lowest BCUT2D eigenvalue weighted by Gasteiger charge is -2.38. The molecule has 0 spiro atoms. The maximum atomic E-state index is 13.6. The molecule has 1 aliphatic carbocycles. The van der Waals surface area contributed by atoms with Gasteiger partial charge in [-0.25, -0.2) is 9.97 Å². The maximum absolute atomic E-state index is 13.6. The molecule has 2 amide bonds. The molecule has 2 aromatic rings. The Morgan fingerprint density at radius 1 is 1.21 bits per heavy atom. The van der Waals surface area contributed by atoms with Crippen LogP contribution in [0.1, 0.15) is 17.3 Å². The molecule has 33 heavy (non-hydrogen) atoms. The summed E-state index contributed by atoms with van der Waals surface area (Å²) in [4.78, 5) is 43.0. The molecule has 0 saturated carbocycles. The van der Waals surface area contributed by atoms with Crippen LogP contribution in [0.25, 0.3) is 0 Å². The van der Waals surface area contributed by atoms with Gasteiger partial charge in [0.2, 0.25) is 5.91 Å². The Morgan fingerprint density at radius 2 is 2.00 bits per heavy atom. The minimum Gasteiger partial charge on any atom is -0.360 e. The monoisotopic (exact) mass is 463 g/mol. The molecule has 0 fully saturated rings. The molecule has 0 radical (unpaired) electrons. The SMILES string of the molecule is CC(Nc1ncnc2c1C(=O)N(C)CN2)C1=N[C@@H]2C=CC=C(Cl)C2C(=O)N1c1ccccc1. The Morgan fingerprint density at radius 3 is 2.79 bits per heavy atom. The molecule has 10 heteroatoms. The molecule has 5 rings (SSSR count). The van der Waals surface area contributed by atoms with E-state index in [0.29, 0.717) is 40.4 Å². The quantitative estimate of drug-likeness (QED) is 0.722.